The van der Waals surface area contributed by atoms with Gasteiger partial charge in [-0.1, -0.05) is 68.0 Å². The fourth-order valence-electron chi connectivity index (χ4n) is 2.37. The molecule has 2 nitrogen and oxygen atoms in total. The van der Waals surface area contributed by atoms with Crippen molar-refractivity contribution in [3.63, 3.8) is 0 Å². The maximum atomic E-state index is 12.9. The number of rotatable bonds is 7. The van der Waals surface area contributed by atoms with Crippen LogP contribution in [-0.2, 0) is 17.2 Å². The predicted molar refractivity (Wildman–Crippen MR) is 106 cm³/mol. The van der Waals surface area contributed by atoms with Crippen molar-refractivity contribution in [2.45, 2.75) is 38.2 Å². The first-order chi connectivity index (χ1) is 12.0. The van der Waals surface area contributed by atoms with Crippen LogP contribution in [0, 0.1) is 12.8 Å². The summed E-state index contributed by atoms with van der Waals surface area (Å²) in [5.41, 5.74) is 2.19. The van der Waals surface area contributed by atoms with Crippen molar-refractivity contribution in [2.24, 2.45) is 5.92 Å². The van der Waals surface area contributed by atoms with Gasteiger partial charge in [-0.2, -0.15) is 0 Å². The van der Waals surface area contributed by atoms with Crippen molar-refractivity contribution in [1.82, 2.24) is 0 Å². The van der Waals surface area contributed by atoms with Gasteiger partial charge in [0, 0.05) is 16.2 Å². The van der Waals surface area contributed by atoms with Crippen molar-refractivity contribution < 1.29 is 9.32 Å². The summed E-state index contributed by atoms with van der Waals surface area (Å²) in [6.07, 6.45) is 5.41. The summed E-state index contributed by atoms with van der Waals surface area (Å²) in [5.74, 6) is 0.352. The van der Waals surface area contributed by atoms with E-state index in [0.717, 1.165) is 16.0 Å². The van der Waals surface area contributed by atoms with E-state index in [1.165, 1.54) is 0 Å². The lowest BCUT2D eigenvalue weighted by molar-refractivity contribution is 0.223. The Balaban J connectivity index is 2.24. The van der Waals surface area contributed by atoms with Gasteiger partial charge < -0.3 is 5.11 Å². The summed E-state index contributed by atoms with van der Waals surface area (Å²) < 4.78 is 12.9. The quantitative estimate of drug-likeness (QED) is 0.725. The first-order valence-corrected chi connectivity index (χ1v) is 9.71. The van der Waals surface area contributed by atoms with Gasteiger partial charge in [-0.3, -0.25) is 0 Å². The number of aryl methyl sites for hydroxylation is 1. The Labute approximate surface area is 153 Å². The molecule has 2 aromatic rings. The Hall–Kier alpha value is -1.97. The fourth-order valence-corrected chi connectivity index (χ4v) is 3.51. The molecule has 2 rings (SSSR count). The van der Waals surface area contributed by atoms with Crippen LogP contribution in [0.15, 0.2) is 82.6 Å². The summed E-state index contributed by atoms with van der Waals surface area (Å²) in [5, 5.41) is 10.4. The Morgan fingerprint density at radius 1 is 1.08 bits per heavy atom. The highest BCUT2D eigenvalue weighted by atomic mass is 32.2. The molecule has 0 bridgehead atoms. The van der Waals surface area contributed by atoms with Crippen LogP contribution >= 0.6 is 0 Å². The van der Waals surface area contributed by atoms with Crippen LogP contribution < -0.4 is 0 Å². The van der Waals surface area contributed by atoms with Crippen molar-refractivity contribution in [3.05, 3.63) is 88.9 Å². The molecule has 25 heavy (non-hydrogen) atoms. The summed E-state index contributed by atoms with van der Waals surface area (Å²) >= 11 is 0. The van der Waals surface area contributed by atoms with E-state index in [1.54, 1.807) is 6.08 Å². The molecule has 0 aliphatic rings. The molecule has 0 saturated carbocycles. The topological polar surface area (TPSA) is 37.3 Å². The van der Waals surface area contributed by atoms with Crippen molar-refractivity contribution >= 4 is 10.8 Å². The molecule has 1 unspecified atom stereocenters. The number of hydrogen-bond donors (Lipinski definition) is 1. The Bertz CT molecular complexity index is 743. The molecule has 2 aromatic carbocycles. The average Bonchev–Trinajstić information content (AvgIpc) is 2.59. The third-order valence-corrected chi connectivity index (χ3v) is 5.14. The molecule has 0 spiro atoms. The van der Waals surface area contributed by atoms with Crippen LogP contribution in [0.1, 0.15) is 25.0 Å². The summed E-state index contributed by atoms with van der Waals surface area (Å²) in [6.45, 7) is 6.15. The van der Waals surface area contributed by atoms with Gasteiger partial charge in [-0.05, 0) is 42.7 Å². The van der Waals surface area contributed by atoms with E-state index in [2.05, 4.69) is 13.8 Å². The van der Waals surface area contributed by atoms with E-state index in [9.17, 15) is 9.32 Å². The minimum atomic E-state index is -1.31. The third-order valence-electron chi connectivity index (χ3n) is 3.74. The van der Waals surface area contributed by atoms with Gasteiger partial charge in [0.05, 0.1) is 16.9 Å². The highest BCUT2D eigenvalue weighted by Crippen LogP contribution is 2.19. The Morgan fingerprint density at radius 3 is 2.32 bits per heavy atom. The van der Waals surface area contributed by atoms with Crippen molar-refractivity contribution in [1.29, 1.82) is 0 Å². The lowest BCUT2D eigenvalue weighted by Crippen LogP contribution is -2.09. The zero-order chi connectivity index (χ0) is 18.2. The van der Waals surface area contributed by atoms with Crippen LogP contribution in [0.2, 0.25) is 0 Å². The largest absolute Gasteiger partial charge is 0.389 e. The molecule has 0 aliphatic heterocycles. The van der Waals surface area contributed by atoms with E-state index in [0.29, 0.717) is 17.2 Å². The van der Waals surface area contributed by atoms with E-state index < -0.39 is 16.9 Å². The normalized spacial score (nSPS) is 14.8. The fraction of sp³-hybridized carbons (Fsp3) is 0.273. The average molecular weight is 355 g/mol. The molecule has 132 valence electrons. The van der Waals surface area contributed by atoms with Gasteiger partial charge in [-0.15, -0.1) is 0 Å². The molecule has 2 atom stereocenters. The number of allylic oxidation sites excluding steroid dienone is 2. The van der Waals surface area contributed by atoms with Crippen molar-refractivity contribution in [2.75, 3.05) is 0 Å². The molecular formula is C22H26O2S. The van der Waals surface area contributed by atoms with E-state index in [-0.39, 0.29) is 0 Å². The van der Waals surface area contributed by atoms with Gasteiger partial charge in [0.15, 0.2) is 0 Å². The van der Waals surface area contributed by atoms with Crippen LogP contribution in [0.5, 0.6) is 0 Å². The lowest BCUT2D eigenvalue weighted by atomic mass is 10.1. The maximum Gasteiger partial charge on any atom is 0.0847 e. The van der Waals surface area contributed by atoms with Gasteiger partial charge in [0.25, 0.3) is 0 Å². The minimum Gasteiger partial charge on any atom is -0.389 e. The van der Waals surface area contributed by atoms with Gasteiger partial charge in [0.1, 0.15) is 0 Å². The molecule has 0 fully saturated rings. The first kappa shape index (κ1) is 19.4. The number of aliphatic hydroxyl groups excluding tert-OH is 1. The van der Waals surface area contributed by atoms with E-state index in [4.69, 9.17) is 0 Å². The van der Waals surface area contributed by atoms with Gasteiger partial charge >= 0.3 is 0 Å². The third kappa shape index (κ3) is 6.45. The zero-order valence-electron chi connectivity index (χ0n) is 15.1. The highest BCUT2D eigenvalue weighted by Gasteiger charge is 2.11. The molecule has 0 heterocycles. The molecule has 3 heteroatoms. The van der Waals surface area contributed by atoms with Crippen LogP contribution in [-0.4, -0.2) is 15.4 Å². The monoisotopic (exact) mass is 354 g/mol. The highest BCUT2D eigenvalue weighted by molar-refractivity contribution is 7.89. The molecule has 0 aromatic heterocycles. The second kappa shape index (κ2) is 9.50. The summed E-state index contributed by atoms with van der Waals surface area (Å²) in [6, 6.07) is 17.5. The summed E-state index contributed by atoms with van der Waals surface area (Å²) in [4.78, 5) is 1.39. The van der Waals surface area contributed by atoms with Crippen molar-refractivity contribution in [3.8, 4) is 0 Å². The molecule has 0 aliphatic carbocycles. The number of hydrogen-bond acceptors (Lipinski definition) is 2. The molecule has 0 amide bonds. The van der Waals surface area contributed by atoms with Crippen LogP contribution in [0.25, 0.3) is 0 Å². The lowest BCUT2D eigenvalue weighted by Gasteiger charge is -2.10. The Morgan fingerprint density at radius 2 is 1.72 bits per heavy atom. The standard InChI is InChI=1S/C22H26O2S/c1-17(2)9-12-22(25(24)21-13-10-18(3)11-14-21)16-20(23)15-19-7-5-4-6-8-19/h4-14,16-17,20,23H,15H2,1-3H3/b12-9+,22-16+/t20-,25?/m1/s1. The van der Waals surface area contributed by atoms with Gasteiger partial charge in [-0.25, -0.2) is 4.21 Å². The zero-order valence-corrected chi connectivity index (χ0v) is 15.9. The smallest absolute Gasteiger partial charge is 0.0847 e. The SMILES string of the molecule is Cc1ccc(S(=O)C(/C=C/C(C)C)=C/[C@H](O)Cc2ccccc2)cc1. The van der Waals surface area contributed by atoms with Crippen LogP contribution in [0.4, 0.5) is 0 Å². The predicted octanol–water partition coefficient (Wildman–Crippen LogP) is 4.80. The molecule has 0 saturated heterocycles. The number of benzene rings is 2. The Kier molecular flexibility index (Phi) is 7.35. The second-order valence-corrected chi connectivity index (χ2v) is 7.99. The number of aliphatic hydroxyl groups is 1. The second-order valence-electron chi connectivity index (χ2n) is 6.51. The summed E-state index contributed by atoms with van der Waals surface area (Å²) in [7, 11) is -1.31. The molecule has 0 radical (unpaired) electrons. The molecule has 1 N–H and O–H groups in total. The van der Waals surface area contributed by atoms with Crippen LogP contribution in [0.3, 0.4) is 0 Å². The van der Waals surface area contributed by atoms with Gasteiger partial charge in [0.2, 0.25) is 0 Å². The maximum absolute atomic E-state index is 12.9. The minimum absolute atomic E-state index is 0.352. The first-order valence-electron chi connectivity index (χ1n) is 8.56. The van der Waals surface area contributed by atoms with E-state index >= 15 is 0 Å². The molecular weight excluding hydrogens is 328 g/mol. The van der Waals surface area contributed by atoms with E-state index in [1.807, 2.05) is 73.7 Å².